The SMILES string of the molecule is CC(=O)CCCCCCCOc1cccc(Cl)c1. The van der Waals surface area contributed by atoms with Crippen LogP contribution in [0.3, 0.4) is 0 Å². The van der Waals surface area contributed by atoms with Gasteiger partial charge in [-0.3, -0.25) is 0 Å². The molecule has 18 heavy (non-hydrogen) atoms. The molecule has 1 aromatic rings. The molecule has 0 atom stereocenters. The molecule has 0 amide bonds. The molecule has 0 N–H and O–H groups in total. The number of rotatable bonds is 9. The number of ketones is 1. The number of halogens is 1. The fraction of sp³-hybridized carbons (Fsp3) is 0.533. The minimum Gasteiger partial charge on any atom is -0.494 e. The largest absolute Gasteiger partial charge is 0.494 e. The first-order chi connectivity index (χ1) is 8.68. The molecule has 0 heterocycles. The molecule has 0 aromatic heterocycles. The maximum atomic E-state index is 10.7. The summed E-state index contributed by atoms with van der Waals surface area (Å²) in [4.78, 5) is 10.7. The fourth-order valence-corrected chi connectivity index (χ4v) is 1.93. The van der Waals surface area contributed by atoms with Crippen LogP contribution < -0.4 is 4.74 Å². The molecule has 1 rings (SSSR count). The molecular weight excluding hydrogens is 248 g/mol. The Morgan fingerprint density at radius 3 is 2.61 bits per heavy atom. The van der Waals surface area contributed by atoms with Crippen molar-refractivity contribution in [3.63, 3.8) is 0 Å². The zero-order valence-corrected chi connectivity index (χ0v) is 11.7. The minimum atomic E-state index is 0.291. The first-order valence-electron chi connectivity index (χ1n) is 6.56. The van der Waals surface area contributed by atoms with Gasteiger partial charge in [0.25, 0.3) is 0 Å². The summed E-state index contributed by atoms with van der Waals surface area (Å²) in [5, 5.41) is 0.705. The second-order valence-corrected chi connectivity index (χ2v) is 4.96. The Kier molecular flexibility index (Phi) is 7.51. The average molecular weight is 269 g/mol. The molecule has 100 valence electrons. The first kappa shape index (κ1) is 15.0. The fourth-order valence-electron chi connectivity index (χ4n) is 1.75. The number of hydrogen-bond acceptors (Lipinski definition) is 2. The van der Waals surface area contributed by atoms with Gasteiger partial charge in [-0.05, 0) is 38.0 Å². The van der Waals surface area contributed by atoms with Gasteiger partial charge in [0, 0.05) is 11.4 Å². The molecule has 0 fully saturated rings. The van der Waals surface area contributed by atoms with Crippen LogP contribution in [0.2, 0.25) is 5.02 Å². The molecule has 2 nitrogen and oxygen atoms in total. The maximum absolute atomic E-state index is 10.7. The number of benzene rings is 1. The van der Waals surface area contributed by atoms with Gasteiger partial charge in [-0.25, -0.2) is 0 Å². The average Bonchev–Trinajstić information content (AvgIpc) is 2.32. The maximum Gasteiger partial charge on any atom is 0.129 e. The van der Waals surface area contributed by atoms with Crippen molar-refractivity contribution in [1.82, 2.24) is 0 Å². The molecule has 0 spiro atoms. The van der Waals surface area contributed by atoms with Gasteiger partial charge in [-0.15, -0.1) is 0 Å². The van der Waals surface area contributed by atoms with Crippen LogP contribution in [-0.4, -0.2) is 12.4 Å². The van der Waals surface area contributed by atoms with E-state index in [1.54, 1.807) is 6.92 Å². The number of hydrogen-bond donors (Lipinski definition) is 0. The van der Waals surface area contributed by atoms with Gasteiger partial charge in [0.05, 0.1) is 6.61 Å². The Balaban J connectivity index is 1.97. The van der Waals surface area contributed by atoms with Crippen molar-refractivity contribution < 1.29 is 9.53 Å². The van der Waals surface area contributed by atoms with Crippen LogP contribution in [0.5, 0.6) is 5.75 Å². The molecule has 1 aromatic carbocycles. The third kappa shape index (κ3) is 7.33. The molecule has 0 unspecified atom stereocenters. The molecule has 0 aliphatic heterocycles. The lowest BCUT2D eigenvalue weighted by molar-refractivity contribution is -0.117. The smallest absolute Gasteiger partial charge is 0.129 e. The van der Waals surface area contributed by atoms with Crippen molar-refractivity contribution in [2.75, 3.05) is 6.61 Å². The van der Waals surface area contributed by atoms with Crippen LogP contribution in [0.1, 0.15) is 45.4 Å². The first-order valence-corrected chi connectivity index (χ1v) is 6.94. The topological polar surface area (TPSA) is 26.3 Å². The van der Waals surface area contributed by atoms with Crippen molar-refractivity contribution in [1.29, 1.82) is 0 Å². The lowest BCUT2D eigenvalue weighted by Crippen LogP contribution is -1.97. The summed E-state index contributed by atoms with van der Waals surface area (Å²) in [7, 11) is 0. The molecule has 0 radical (unpaired) electrons. The highest BCUT2D eigenvalue weighted by molar-refractivity contribution is 6.30. The molecule has 0 aliphatic carbocycles. The lowest BCUT2D eigenvalue weighted by Gasteiger charge is -2.06. The third-order valence-electron chi connectivity index (χ3n) is 2.74. The van der Waals surface area contributed by atoms with Gasteiger partial charge >= 0.3 is 0 Å². The van der Waals surface area contributed by atoms with E-state index in [0.717, 1.165) is 44.5 Å². The van der Waals surface area contributed by atoms with Crippen LogP contribution in [0, 0.1) is 0 Å². The van der Waals surface area contributed by atoms with Gasteiger partial charge < -0.3 is 9.53 Å². The molecule has 0 saturated carbocycles. The highest BCUT2D eigenvalue weighted by atomic mass is 35.5. The second-order valence-electron chi connectivity index (χ2n) is 4.53. The summed E-state index contributed by atoms with van der Waals surface area (Å²) >= 11 is 5.86. The van der Waals surface area contributed by atoms with E-state index < -0.39 is 0 Å². The normalized spacial score (nSPS) is 10.3. The number of unbranched alkanes of at least 4 members (excludes halogenated alkanes) is 4. The summed E-state index contributed by atoms with van der Waals surface area (Å²) in [6.45, 7) is 2.38. The zero-order valence-electron chi connectivity index (χ0n) is 11.0. The quantitative estimate of drug-likeness (QED) is 0.610. The summed E-state index contributed by atoms with van der Waals surface area (Å²) < 4.78 is 5.59. The molecule has 0 bridgehead atoms. The summed E-state index contributed by atoms with van der Waals surface area (Å²) in [5.74, 6) is 1.12. The Hall–Kier alpha value is -1.02. The number of ether oxygens (including phenoxy) is 1. The van der Waals surface area contributed by atoms with Crippen LogP contribution in [0.25, 0.3) is 0 Å². The Morgan fingerprint density at radius 1 is 1.17 bits per heavy atom. The monoisotopic (exact) mass is 268 g/mol. The van der Waals surface area contributed by atoms with Crippen molar-refractivity contribution in [3.8, 4) is 5.75 Å². The van der Waals surface area contributed by atoms with Crippen molar-refractivity contribution in [3.05, 3.63) is 29.3 Å². The van der Waals surface area contributed by atoms with Crippen molar-refractivity contribution >= 4 is 17.4 Å². The van der Waals surface area contributed by atoms with Gasteiger partial charge in [-0.1, -0.05) is 36.9 Å². The Bertz CT molecular complexity index is 363. The number of Topliss-reactive ketones (excluding diaryl/α,β-unsaturated/α-hetero) is 1. The number of carbonyl (C=O) groups is 1. The van der Waals surface area contributed by atoms with E-state index in [1.807, 2.05) is 24.3 Å². The molecule has 0 saturated heterocycles. The van der Waals surface area contributed by atoms with Gasteiger partial charge in [0.15, 0.2) is 0 Å². The van der Waals surface area contributed by atoms with E-state index in [0.29, 0.717) is 10.8 Å². The van der Waals surface area contributed by atoms with Crippen molar-refractivity contribution in [2.45, 2.75) is 45.4 Å². The highest BCUT2D eigenvalue weighted by Crippen LogP contribution is 2.17. The second kappa shape index (κ2) is 8.98. The van der Waals surface area contributed by atoms with E-state index in [2.05, 4.69) is 0 Å². The van der Waals surface area contributed by atoms with Crippen LogP contribution >= 0.6 is 11.6 Å². The molecular formula is C15H21ClO2. The van der Waals surface area contributed by atoms with Crippen LogP contribution in [-0.2, 0) is 4.79 Å². The molecule has 0 aliphatic rings. The highest BCUT2D eigenvalue weighted by Gasteiger charge is 1.96. The van der Waals surface area contributed by atoms with Crippen molar-refractivity contribution in [2.24, 2.45) is 0 Å². The van der Waals surface area contributed by atoms with E-state index in [-0.39, 0.29) is 0 Å². The Morgan fingerprint density at radius 2 is 1.89 bits per heavy atom. The summed E-state index contributed by atoms with van der Waals surface area (Å²) in [5.41, 5.74) is 0. The van der Waals surface area contributed by atoms with E-state index in [4.69, 9.17) is 16.3 Å². The van der Waals surface area contributed by atoms with Gasteiger partial charge in [0.1, 0.15) is 11.5 Å². The van der Waals surface area contributed by atoms with E-state index in [9.17, 15) is 4.79 Å². The van der Waals surface area contributed by atoms with E-state index >= 15 is 0 Å². The third-order valence-corrected chi connectivity index (χ3v) is 2.97. The zero-order chi connectivity index (χ0) is 13.2. The standard InChI is InChI=1S/C15H21ClO2/c1-13(17)8-5-3-2-4-6-11-18-15-10-7-9-14(16)12-15/h7,9-10,12H,2-6,8,11H2,1H3. The van der Waals surface area contributed by atoms with Gasteiger partial charge in [-0.2, -0.15) is 0 Å². The van der Waals surface area contributed by atoms with Gasteiger partial charge in [0.2, 0.25) is 0 Å². The van der Waals surface area contributed by atoms with E-state index in [1.165, 1.54) is 6.42 Å². The minimum absolute atomic E-state index is 0.291. The van der Waals surface area contributed by atoms with Crippen LogP contribution in [0.4, 0.5) is 0 Å². The Labute approximate surface area is 114 Å². The lowest BCUT2D eigenvalue weighted by atomic mass is 10.1. The summed E-state index contributed by atoms with van der Waals surface area (Å²) in [6, 6.07) is 7.47. The molecule has 3 heteroatoms. The predicted octanol–water partition coefficient (Wildman–Crippen LogP) is 4.65. The predicted molar refractivity (Wildman–Crippen MR) is 75.3 cm³/mol. The summed E-state index contributed by atoms with van der Waals surface area (Å²) in [6.07, 6.45) is 6.25. The van der Waals surface area contributed by atoms with Crippen LogP contribution in [0.15, 0.2) is 24.3 Å². The number of carbonyl (C=O) groups excluding carboxylic acids is 1.